The van der Waals surface area contributed by atoms with E-state index in [2.05, 4.69) is 18.7 Å². The number of aliphatic hydroxyl groups excluding tert-OH is 1. The van der Waals surface area contributed by atoms with Crippen molar-refractivity contribution in [2.24, 2.45) is 0 Å². The summed E-state index contributed by atoms with van der Waals surface area (Å²) < 4.78 is 5.09. The Morgan fingerprint density at radius 2 is 1.89 bits per heavy atom. The number of aliphatic hydroxyl groups is 1. The van der Waals surface area contributed by atoms with Crippen molar-refractivity contribution in [1.29, 1.82) is 0 Å². The molecule has 102 valence electrons. The Bertz CT molecular complexity index is 338. The first kappa shape index (κ1) is 15.0. The summed E-state index contributed by atoms with van der Waals surface area (Å²) in [6, 6.07) is 7.74. The third-order valence-corrected chi connectivity index (χ3v) is 3.04. The summed E-state index contributed by atoms with van der Waals surface area (Å²) in [5.41, 5.74) is 7.24. The third-order valence-electron chi connectivity index (χ3n) is 3.04. The molecule has 0 aliphatic carbocycles. The fourth-order valence-corrected chi connectivity index (χ4v) is 1.81. The molecule has 0 spiro atoms. The molecule has 0 amide bonds. The van der Waals surface area contributed by atoms with Gasteiger partial charge in [0, 0.05) is 31.9 Å². The Hall–Kier alpha value is -1.10. The molecule has 0 aliphatic heterocycles. The SMILES string of the molecule is COCCN(CC(O)c1ccc(N)cc1)C(C)C. The summed E-state index contributed by atoms with van der Waals surface area (Å²) in [6.45, 7) is 6.33. The molecule has 3 N–H and O–H groups in total. The van der Waals surface area contributed by atoms with Gasteiger partial charge in [0.2, 0.25) is 0 Å². The maximum atomic E-state index is 10.2. The van der Waals surface area contributed by atoms with Crippen molar-refractivity contribution >= 4 is 5.69 Å². The zero-order valence-corrected chi connectivity index (χ0v) is 11.5. The maximum absolute atomic E-state index is 10.2. The molecule has 1 rings (SSSR count). The molecule has 0 radical (unpaired) electrons. The number of hydrogen-bond acceptors (Lipinski definition) is 4. The molecule has 1 aromatic carbocycles. The largest absolute Gasteiger partial charge is 0.399 e. The predicted octanol–water partition coefficient (Wildman–Crippen LogP) is 1.66. The smallest absolute Gasteiger partial charge is 0.0917 e. The van der Waals surface area contributed by atoms with E-state index in [4.69, 9.17) is 10.5 Å². The molecular weight excluding hydrogens is 228 g/mol. The van der Waals surface area contributed by atoms with Crippen molar-refractivity contribution in [2.75, 3.05) is 32.5 Å². The number of benzene rings is 1. The molecular formula is C14H24N2O2. The van der Waals surface area contributed by atoms with E-state index in [1.54, 1.807) is 7.11 Å². The summed E-state index contributed by atoms with van der Waals surface area (Å²) in [7, 11) is 1.69. The molecule has 0 saturated carbocycles. The van der Waals surface area contributed by atoms with Crippen LogP contribution in [-0.2, 0) is 4.74 Å². The van der Waals surface area contributed by atoms with Gasteiger partial charge in [0.15, 0.2) is 0 Å². The van der Waals surface area contributed by atoms with E-state index in [1.807, 2.05) is 24.3 Å². The quantitative estimate of drug-likeness (QED) is 0.725. The number of anilines is 1. The van der Waals surface area contributed by atoms with Crippen molar-refractivity contribution in [3.05, 3.63) is 29.8 Å². The van der Waals surface area contributed by atoms with Gasteiger partial charge in [-0.3, -0.25) is 4.90 Å². The maximum Gasteiger partial charge on any atom is 0.0917 e. The Labute approximate surface area is 109 Å². The van der Waals surface area contributed by atoms with Gasteiger partial charge in [-0.15, -0.1) is 0 Å². The second-order valence-electron chi connectivity index (χ2n) is 4.76. The fourth-order valence-electron chi connectivity index (χ4n) is 1.81. The monoisotopic (exact) mass is 252 g/mol. The first-order valence-corrected chi connectivity index (χ1v) is 6.31. The molecule has 4 nitrogen and oxygen atoms in total. The number of ether oxygens (including phenoxy) is 1. The van der Waals surface area contributed by atoms with Gasteiger partial charge < -0.3 is 15.6 Å². The van der Waals surface area contributed by atoms with Gasteiger partial charge in [0.1, 0.15) is 0 Å². The molecule has 4 heteroatoms. The minimum Gasteiger partial charge on any atom is -0.399 e. The minimum absolute atomic E-state index is 0.378. The summed E-state index contributed by atoms with van der Waals surface area (Å²) in [6.07, 6.45) is -0.496. The van der Waals surface area contributed by atoms with Crippen LogP contribution in [0.1, 0.15) is 25.5 Å². The van der Waals surface area contributed by atoms with Crippen LogP contribution in [0.5, 0.6) is 0 Å². The highest BCUT2D eigenvalue weighted by Crippen LogP contribution is 2.17. The van der Waals surface area contributed by atoms with Gasteiger partial charge in [-0.1, -0.05) is 12.1 Å². The average molecular weight is 252 g/mol. The van der Waals surface area contributed by atoms with Crippen molar-refractivity contribution in [3.8, 4) is 0 Å². The second-order valence-corrected chi connectivity index (χ2v) is 4.76. The summed E-state index contributed by atoms with van der Waals surface area (Å²) in [4.78, 5) is 2.20. The Balaban J connectivity index is 2.59. The molecule has 18 heavy (non-hydrogen) atoms. The molecule has 0 heterocycles. The van der Waals surface area contributed by atoms with E-state index in [0.29, 0.717) is 24.9 Å². The summed E-state index contributed by atoms with van der Waals surface area (Å²) in [5.74, 6) is 0. The van der Waals surface area contributed by atoms with Crippen LogP contribution in [0.25, 0.3) is 0 Å². The fraction of sp³-hybridized carbons (Fsp3) is 0.571. The first-order chi connectivity index (χ1) is 8.54. The molecule has 0 bridgehead atoms. The highest BCUT2D eigenvalue weighted by Gasteiger charge is 2.15. The van der Waals surface area contributed by atoms with Crippen molar-refractivity contribution in [2.45, 2.75) is 26.0 Å². The highest BCUT2D eigenvalue weighted by atomic mass is 16.5. The zero-order chi connectivity index (χ0) is 13.5. The summed E-state index contributed by atoms with van der Waals surface area (Å²) >= 11 is 0. The van der Waals surface area contributed by atoms with Crippen molar-refractivity contribution in [3.63, 3.8) is 0 Å². The van der Waals surface area contributed by atoms with Crippen LogP contribution < -0.4 is 5.73 Å². The van der Waals surface area contributed by atoms with Crippen molar-refractivity contribution < 1.29 is 9.84 Å². The van der Waals surface area contributed by atoms with Crippen LogP contribution in [0.3, 0.4) is 0 Å². The number of hydrogen-bond donors (Lipinski definition) is 2. The molecule has 0 fully saturated rings. The Morgan fingerprint density at radius 1 is 1.28 bits per heavy atom. The molecule has 1 unspecified atom stereocenters. The number of nitrogens with zero attached hydrogens (tertiary/aromatic N) is 1. The summed E-state index contributed by atoms with van der Waals surface area (Å²) in [5, 5.41) is 10.2. The second kappa shape index (κ2) is 7.36. The standard InChI is InChI=1S/C14H24N2O2/c1-11(2)16(8-9-18-3)10-14(17)12-4-6-13(15)7-5-12/h4-7,11,14,17H,8-10,15H2,1-3H3. The van der Waals surface area contributed by atoms with E-state index in [1.165, 1.54) is 0 Å². The lowest BCUT2D eigenvalue weighted by Gasteiger charge is -2.28. The topological polar surface area (TPSA) is 58.7 Å². The van der Waals surface area contributed by atoms with E-state index in [9.17, 15) is 5.11 Å². The van der Waals surface area contributed by atoms with Gasteiger partial charge >= 0.3 is 0 Å². The van der Waals surface area contributed by atoms with Gasteiger partial charge in [-0.25, -0.2) is 0 Å². The Morgan fingerprint density at radius 3 is 2.39 bits per heavy atom. The number of rotatable bonds is 7. The van der Waals surface area contributed by atoms with Crippen LogP contribution in [0, 0.1) is 0 Å². The Kier molecular flexibility index (Phi) is 6.12. The van der Waals surface area contributed by atoms with Crippen LogP contribution in [0.2, 0.25) is 0 Å². The van der Waals surface area contributed by atoms with Gasteiger partial charge in [-0.05, 0) is 31.5 Å². The van der Waals surface area contributed by atoms with Gasteiger partial charge in [0.25, 0.3) is 0 Å². The van der Waals surface area contributed by atoms with Crippen LogP contribution in [0.4, 0.5) is 5.69 Å². The van der Waals surface area contributed by atoms with E-state index >= 15 is 0 Å². The minimum atomic E-state index is -0.496. The number of methoxy groups -OCH3 is 1. The highest BCUT2D eigenvalue weighted by molar-refractivity contribution is 5.39. The number of nitrogen functional groups attached to an aromatic ring is 1. The molecule has 0 saturated heterocycles. The molecule has 1 atom stereocenters. The van der Waals surface area contributed by atoms with E-state index in [0.717, 1.165) is 12.1 Å². The molecule has 0 aromatic heterocycles. The lowest BCUT2D eigenvalue weighted by Crippen LogP contribution is -2.37. The number of nitrogens with two attached hydrogens (primary N) is 1. The first-order valence-electron chi connectivity index (χ1n) is 6.31. The average Bonchev–Trinajstić information content (AvgIpc) is 2.34. The van der Waals surface area contributed by atoms with E-state index < -0.39 is 6.10 Å². The van der Waals surface area contributed by atoms with Gasteiger partial charge in [-0.2, -0.15) is 0 Å². The van der Waals surface area contributed by atoms with Crippen LogP contribution >= 0.6 is 0 Å². The van der Waals surface area contributed by atoms with Crippen LogP contribution in [0.15, 0.2) is 24.3 Å². The lowest BCUT2D eigenvalue weighted by atomic mass is 10.1. The van der Waals surface area contributed by atoms with Gasteiger partial charge in [0.05, 0.1) is 12.7 Å². The lowest BCUT2D eigenvalue weighted by molar-refractivity contribution is 0.0721. The zero-order valence-electron chi connectivity index (χ0n) is 11.5. The predicted molar refractivity (Wildman–Crippen MR) is 74.4 cm³/mol. The molecule has 1 aromatic rings. The third kappa shape index (κ3) is 4.64. The van der Waals surface area contributed by atoms with Crippen molar-refractivity contribution in [1.82, 2.24) is 4.90 Å². The normalized spacial score (nSPS) is 13.2. The van der Waals surface area contributed by atoms with E-state index in [-0.39, 0.29) is 0 Å². The molecule has 0 aliphatic rings. The van der Waals surface area contributed by atoms with Crippen LogP contribution in [-0.4, -0.2) is 42.9 Å².